The van der Waals surface area contributed by atoms with Gasteiger partial charge in [-0.1, -0.05) is 78.9 Å². The van der Waals surface area contributed by atoms with Crippen LogP contribution in [0.25, 0.3) is 11.1 Å². The number of piperidine rings is 2. The van der Waals surface area contributed by atoms with Crippen molar-refractivity contribution in [1.82, 2.24) is 20.0 Å². The Morgan fingerprint density at radius 1 is 0.836 bits per heavy atom. The first-order valence-electron chi connectivity index (χ1n) is 21.9. The zero-order chi connectivity index (χ0) is 41.9. The van der Waals surface area contributed by atoms with Crippen molar-refractivity contribution in [2.24, 2.45) is 5.92 Å². The fraction of sp³-hybridized carbons (Fsp3) is 0.400. The fourth-order valence-electron chi connectivity index (χ4n) is 10.6. The van der Waals surface area contributed by atoms with E-state index in [1.54, 1.807) is 4.90 Å². The minimum absolute atomic E-state index is 0.219. The SMILES string of the molecule is O=CC(=O)C1c2cc(N3CC4CC3CN4CC3CCN(CCOc4ccc(C(=C(CCCl)c5ccccc5)c5ccccc5)cc4)CC3)ccc2CN1C1CCC(=O)NC1=O. The molecule has 9 rings (SSSR count). The number of nitrogens with zero attached hydrogens (tertiary/aromatic N) is 4. The Kier molecular flexibility index (Phi) is 12.5. The molecule has 0 radical (unpaired) electrons. The maximum atomic E-state index is 13.0. The summed E-state index contributed by atoms with van der Waals surface area (Å²) in [6.45, 7) is 7.22. The van der Waals surface area contributed by atoms with E-state index in [4.69, 9.17) is 16.3 Å². The number of fused-ring (bicyclic) bond motifs is 3. The van der Waals surface area contributed by atoms with Gasteiger partial charge >= 0.3 is 0 Å². The largest absolute Gasteiger partial charge is 0.492 e. The predicted octanol–water partition coefficient (Wildman–Crippen LogP) is 6.76. The van der Waals surface area contributed by atoms with E-state index in [1.165, 1.54) is 35.1 Å². The maximum absolute atomic E-state index is 13.0. The molecule has 4 atom stereocenters. The second kappa shape index (κ2) is 18.5. The zero-order valence-electron chi connectivity index (χ0n) is 34.6. The lowest BCUT2D eigenvalue weighted by atomic mass is 9.88. The van der Waals surface area contributed by atoms with Gasteiger partial charge in [0.25, 0.3) is 0 Å². The number of carbonyl (C=O) groups is 4. The molecule has 4 aromatic carbocycles. The Bertz CT molecular complexity index is 2260. The number of alkyl halides is 1. The van der Waals surface area contributed by atoms with Crippen LogP contribution >= 0.6 is 11.6 Å². The van der Waals surface area contributed by atoms with Crippen LogP contribution in [0.2, 0.25) is 0 Å². The average molecular weight is 840 g/mol. The van der Waals surface area contributed by atoms with Crippen LogP contribution in [-0.2, 0) is 25.7 Å². The monoisotopic (exact) mass is 839 g/mol. The highest BCUT2D eigenvalue weighted by Crippen LogP contribution is 2.42. The van der Waals surface area contributed by atoms with E-state index in [0.29, 0.717) is 49.7 Å². The van der Waals surface area contributed by atoms with Crippen LogP contribution in [0.4, 0.5) is 5.69 Å². The number of imide groups is 1. The fourth-order valence-corrected chi connectivity index (χ4v) is 10.8. The summed E-state index contributed by atoms with van der Waals surface area (Å²) in [5, 5.41) is 2.41. The van der Waals surface area contributed by atoms with Crippen molar-refractivity contribution in [3.8, 4) is 5.75 Å². The molecule has 10 nitrogen and oxygen atoms in total. The van der Waals surface area contributed by atoms with Gasteiger partial charge in [0.05, 0.1) is 6.04 Å². The van der Waals surface area contributed by atoms with Crippen LogP contribution in [-0.4, -0.2) is 108 Å². The molecule has 5 aliphatic rings. The van der Waals surface area contributed by atoms with Crippen molar-refractivity contribution < 1.29 is 23.9 Å². The molecule has 5 aliphatic heterocycles. The van der Waals surface area contributed by atoms with E-state index >= 15 is 0 Å². The number of allylic oxidation sites excluding steroid dienone is 1. The first kappa shape index (κ1) is 41.2. The van der Waals surface area contributed by atoms with Gasteiger partial charge in [0, 0.05) is 62.8 Å². The van der Waals surface area contributed by atoms with Gasteiger partial charge in [-0.05, 0) is 114 Å². The molecule has 316 valence electrons. The number of anilines is 1. The summed E-state index contributed by atoms with van der Waals surface area (Å²) < 4.78 is 6.29. The number of aldehydes is 1. The quantitative estimate of drug-likeness (QED) is 0.0458. The molecule has 4 unspecified atom stereocenters. The number of carbonyl (C=O) groups excluding carboxylic acids is 4. The number of halogens is 1. The molecule has 1 N–H and O–H groups in total. The second-order valence-electron chi connectivity index (χ2n) is 17.3. The Morgan fingerprint density at radius 3 is 2.23 bits per heavy atom. The third-order valence-electron chi connectivity index (χ3n) is 13.6. The Balaban J connectivity index is 0.754. The molecule has 0 aliphatic carbocycles. The summed E-state index contributed by atoms with van der Waals surface area (Å²) in [5.74, 6) is 0.851. The topological polar surface area (TPSA) is 102 Å². The lowest BCUT2D eigenvalue weighted by Crippen LogP contribution is -2.52. The third kappa shape index (κ3) is 8.82. The van der Waals surface area contributed by atoms with Gasteiger partial charge in [-0.25, -0.2) is 0 Å². The van der Waals surface area contributed by atoms with Crippen molar-refractivity contribution in [2.75, 3.05) is 56.7 Å². The van der Waals surface area contributed by atoms with E-state index < -0.39 is 23.8 Å². The number of ketones is 1. The summed E-state index contributed by atoms with van der Waals surface area (Å²) in [4.78, 5) is 58.9. The number of ether oxygens (including phenoxy) is 1. The number of Topliss-reactive ketones (excluding diaryl/α,β-unsaturated/α-hetero) is 1. The summed E-state index contributed by atoms with van der Waals surface area (Å²) >= 11 is 6.36. The Labute approximate surface area is 363 Å². The van der Waals surface area contributed by atoms with Crippen LogP contribution < -0.4 is 15.0 Å². The van der Waals surface area contributed by atoms with Crippen LogP contribution in [0.15, 0.2) is 103 Å². The van der Waals surface area contributed by atoms with E-state index in [2.05, 4.69) is 111 Å². The standard InChI is InChI=1S/C50H54ClN5O5/c51-22-19-43(35-7-3-1-4-8-35)48(36-9-5-2-6-10-36)37-12-15-42(16-13-37)61-26-25-53-23-20-34(21-24-53)29-54-31-41-27-40(54)32-55(41)39-14-11-38-30-56(45-17-18-47(59)52-50(45)60)49(44(38)28-39)46(58)33-57/h1-16,28,33-34,40-41,45,49H,17-27,29-32H2,(H,52,59,60). The average Bonchev–Trinajstić information content (AvgIpc) is 4.01. The number of amides is 2. The molecule has 11 heteroatoms. The molecule has 2 bridgehead atoms. The van der Waals surface area contributed by atoms with Gasteiger partial charge in [0.2, 0.25) is 17.6 Å². The minimum atomic E-state index is -0.811. The molecule has 61 heavy (non-hydrogen) atoms. The third-order valence-corrected chi connectivity index (χ3v) is 13.8. The normalized spacial score (nSPS) is 23.8. The van der Waals surface area contributed by atoms with Gasteiger partial charge in [0.15, 0.2) is 6.29 Å². The van der Waals surface area contributed by atoms with Crippen molar-refractivity contribution in [3.63, 3.8) is 0 Å². The first-order chi connectivity index (χ1) is 29.9. The molecular formula is C50H54ClN5O5. The molecule has 4 aromatic rings. The lowest BCUT2D eigenvalue weighted by molar-refractivity contribution is -0.141. The van der Waals surface area contributed by atoms with Crippen LogP contribution in [0, 0.1) is 5.92 Å². The predicted molar refractivity (Wildman–Crippen MR) is 238 cm³/mol. The molecule has 4 saturated heterocycles. The summed E-state index contributed by atoms with van der Waals surface area (Å²) in [6.07, 6.45) is 5.19. The van der Waals surface area contributed by atoms with Crippen molar-refractivity contribution in [1.29, 1.82) is 0 Å². The summed E-state index contributed by atoms with van der Waals surface area (Å²) in [5.41, 5.74) is 8.77. The summed E-state index contributed by atoms with van der Waals surface area (Å²) in [7, 11) is 0. The van der Waals surface area contributed by atoms with Gasteiger partial charge in [-0.2, -0.15) is 0 Å². The van der Waals surface area contributed by atoms with Crippen molar-refractivity contribution in [3.05, 3.63) is 131 Å². The molecular weight excluding hydrogens is 786 g/mol. The van der Waals surface area contributed by atoms with E-state index in [9.17, 15) is 19.2 Å². The number of rotatable bonds is 15. The van der Waals surface area contributed by atoms with E-state index in [-0.39, 0.29) is 12.3 Å². The number of nitrogens with one attached hydrogen (secondary N) is 1. The molecule has 0 saturated carbocycles. The highest BCUT2D eigenvalue weighted by Gasteiger charge is 2.46. The number of piperazine rings is 1. The molecule has 2 amide bonds. The maximum Gasteiger partial charge on any atom is 0.243 e. The number of hydrogen-bond acceptors (Lipinski definition) is 9. The van der Waals surface area contributed by atoms with Crippen LogP contribution in [0.5, 0.6) is 5.75 Å². The zero-order valence-corrected chi connectivity index (χ0v) is 35.3. The van der Waals surface area contributed by atoms with Gasteiger partial charge in [-0.3, -0.25) is 39.2 Å². The number of likely N-dealkylation sites (tertiary alicyclic amines) is 2. The Hall–Kier alpha value is -5.13. The Morgan fingerprint density at radius 2 is 1.56 bits per heavy atom. The minimum Gasteiger partial charge on any atom is -0.492 e. The molecule has 0 spiro atoms. The lowest BCUT2D eigenvalue weighted by Gasteiger charge is -2.39. The highest BCUT2D eigenvalue weighted by atomic mass is 35.5. The molecule has 4 fully saturated rings. The molecule has 0 aromatic heterocycles. The number of hydrogen-bond donors (Lipinski definition) is 1. The second-order valence-corrected chi connectivity index (χ2v) is 17.7. The smallest absolute Gasteiger partial charge is 0.243 e. The molecule has 5 heterocycles. The van der Waals surface area contributed by atoms with Crippen molar-refractivity contribution >= 4 is 52.3 Å². The van der Waals surface area contributed by atoms with E-state index in [1.807, 2.05) is 12.1 Å². The van der Waals surface area contributed by atoms with Crippen LogP contribution in [0.1, 0.15) is 72.4 Å². The van der Waals surface area contributed by atoms with Gasteiger partial charge in [-0.15, -0.1) is 11.6 Å². The van der Waals surface area contributed by atoms with Crippen molar-refractivity contribution in [2.45, 2.75) is 69.2 Å². The van der Waals surface area contributed by atoms with E-state index in [0.717, 1.165) is 80.2 Å². The van der Waals surface area contributed by atoms with Gasteiger partial charge < -0.3 is 9.64 Å². The van der Waals surface area contributed by atoms with Crippen LogP contribution in [0.3, 0.4) is 0 Å². The highest BCUT2D eigenvalue weighted by molar-refractivity contribution is 6.27. The first-order valence-corrected chi connectivity index (χ1v) is 22.5. The number of benzene rings is 4. The van der Waals surface area contributed by atoms with Gasteiger partial charge in [0.1, 0.15) is 18.4 Å². The summed E-state index contributed by atoms with van der Waals surface area (Å²) in [6, 6.07) is 35.3.